The molecule has 1 saturated heterocycles. The van der Waals surface area contributed by atoms with Crippen LogP contribution in [0.25, 0.3) is 33.4 Å². The molecule has 1 aliphatic heterocycles. The lowest BCUT2D eigenvalue weighted by Crippen LogP contribution is -2.34. The van der Waals surface area contributed by atoms with Crippen molar-refractivity contribution in [3.63, 3.8) is 0 Å². The van der Waals surface area contributed by atoms with Crippen molar-refractivity contribution in [2.75, 3.05) is 37.4 Å². The smallest absolute Gasteiger partial charge is 0.298 e. The van der Waals surface area contributed by atoms with Crippen LogP contribution in [0.1, 0.15) is 34.7 Å². The molecule has 0 aliphatic carbocycles. The predicted molar refractivity (Wildman–Crippen MR) is 143 cm³/mol. The van der Waals surface area contributed by atoms with E-state index in [-0.39, 0.29) is 23.2 Å². The standard InChI is InChI=1S/C29H26F2N4O3/c1-32-22-14-24-20(25(28(36)33-2)27(37-24)16-8-10-18(30)11-9-16)13-19(22)17-5-4-12-35(15-17)29-34-26-21(31)6-3-7-23(26)38-29/h3,6-11,13-14,17,32H,4-5,12,15H2,1-2H3,(H,33,36)/t17-/m0/s1. The van der Waals surface area contributed by atoms with Gasteiger partial charge in [0.1, 0.15) is 22.7 Å². The van der Waals surface area contributed by atoms with Crippen molar-refractivity contribution in [1.29, 1.82) is 0 Å². The predicted octanol–water partition coefficient (Wildman–Crippen LogP) is 6.30. The molecule has 1 amide bonds. The Morgan fingerprint density at radius 2 is 1.87 bits per heavy atom. The molecule has 0 spiro atoms. The van der Waals surface area contributed by atoms with Crippen LogP contribution >= 0.6 is 0 Å². The highest BCUT2D eigenvalue weighted by atomic mass is 19.1. The van der Waals surface area contributed by atoms with Gasteiger partial charge in [0, 0.05) is 55.8 Å². The molecule has 3 heterocycles. The van der Waals surface area contributed by atoms with E-state index in [4.69, 9.17) is 8.83 Å². The first-order chi connectivity index (χ1) is 18.5. The van der Waals surface area contributed by atoms with Gasteiger partial charge < -0.3 is 24.4 Å². The third-order valence-electron chi connectivity index (χ3n) is 7.18. The first-order valence-corrected chi connectivity index (χ1v) is 12.5. The molecule has 5 aromatic rings. The van der Waals surface area contributed by atoms with Crippen molar-refractivity contribution >= 4 is 39.7 Å². The van der Waals surface area contributed by atoms with Crippen LogP contribution in [0.5, 0.6) is 0 Å². The molecule has 1 aliphatic rings. The zero-order valence-electron chi connectivity index (χ0n) is 21.0. The molecule has 3 aromatic carbocycles. The number of halogens is 2. The fraction of sp³-hybridized carbons (Fsp3) is 0.241. The third kappa shape index (κ3) is 4.04. The second-order valence-corrected chi connectivity index (χ2v) is 9.45. The van der Waals surface area contributed by atoms with Crippen LogP contribution in [0, 0.1) is 11.6 Å². The average Bonchev–Trinajstić information content (AvgIpc) is 3.55. The normalized spacial score (nSPS) is 15.8. The molecule has 1 atom stereocenters. The van der Waals surface area contributed by atoms with Gasteiger partial charge in [-0.05, 0) is 60.9 Å². The van der Waals surface area contributed by atoms with Gasteiger partial charge in [-0.25, -0.2) is 8.78 Å². The summed E-state index contributed by atoms with van der Waals surface area (Å²) in [5.41, 5.74) is 4.13. The van der Waals surface area contributed by atoms with Gasteiger partial charge in [0.2, 0.25) is 0 Å². The Kier molecular flexibility index (Phi) is 5.98. The SMILES string of the molecule is CNC(=O)c1c(-c2ccc(F)cc2)oc2cc(NC)c([C@H]3CCCN(c4nc5c(F)cccc5o4)C3)cc12. The maximum Gasteiger partial charge on any atom is 0.298 e. The second-order valence-electron chi connectivity index (χ2n) is 9.45. The van der Waals surface area contributed by atoms with Crippen molar-refractivity contribution in [2.45, 2.75) is 18.8 Å². The number of anilines is 2. The number of amides is 1. The number of furan rings is 1. The minimum Gasteiger partial charge on any atom is -0.455 e. The number of carbonyl (C=O) groups excluding carboxylic acids is 1. The van der Waals surface area contributed by atoms with E-state index in [9.17, 15) is 13.6 Å². The van der Waals surface area contributed by atoms with Gasteiger partial charge in [0.15, 0.2) is 11.4 Å². The molecule has 0 radical (unpaired) electrons. The maximum atomic E-state index is 14.2. The minimum absolute atomic E-state index is 0.0946. The second kappa shape index (κ2) is 9.48. The van der Waals surface area contributed by atoms with Gasteiger partial charge in [0.25, 0.3) is 11.9 Å². The van der Waals surface area contributed by atoms with Crippen LogP contribution in [0.3, 0.4) is 0 Å². The van der Waals surface area contributed by atoms with Crippen molar-refractivity contribution in [1.82, 2.24) is 10.3 Å². The first-order valence-electron chi connectivity index (χ1n) is 12.5. The minimum atomic E-state index is -0.410. The number of aromatic nitrogens is 1. The van der Waals surface area contributed by atoms with Gasteiger partial charge in [0.05, 0.1) is 5.56 Å². The van der Waals surface area contributed by atoms with E-state index in [1.165, 1.54) is 18.2 Å². The summed E-state index contributed by atoms with van der Waals surface area (Å²) in [7, 11) is 3.42. The van der Waals surface area contributed by atoms with Crippen LogP contribution in [0.2, 0.25) is 0 Å². The van der Waals surface area contributed by atoms with Crippen LogP contribution in [0.4, 0.5) is 20.5 Å². The number of nitrogens with one attached hydrogen (secondary N) is 2. The van der Waals surface area contributed by atoms with Crippen LogP contribution < -0.4 is 15.5 Å². The summed E-state index contributed by atoms with van der Waals surface area (Å²) in [6.45, 7) is 1.36. The van der Waals surface area contributed by atoms with E-state index in [1.54, 1.807) is 31.3 Å². The number of carbonyl (C=O) groups is 1. The number of rotatable bonds is 5. The molecule has 194 valence electrons. The molecule has 2 aromatic heterocycles. The van der Waals surface area contributed by atoms with E-state index in [0.29, 0.717) is 46.0 Å². The van der Waals surface area contributed by atoms with Crippen molar-refractivity contribution < 1.29 is 22.4 Å². The fourth-order valence-corrected chi connectivity index (χ4v) is 5.31. The fourth-order valence-electron chi connectivity index (χ4n) is 5.31. The van der Waals surface area contributed by atoms with Gasteiger partial charge in [-0.2, -0.15) is 4.98 Å². The Morgan fingerprint density at radius 1 is 1.05 bits per heavy atom. The Labute approximate surface area is 217 Å². The van der Waals surface area contributed by atoms with Gasteiger partial charge in [-0.15, -0.1) is 0 Å². The zero-order chi connectivity index (χ0) is 26.4. The van der Waals surface area contributed by atoms with Crippen molar-refractivity contribution in [2.24, 2.45) is 0 Å². The van der Waals surface area contributed by atoms with Crippen molar-refractivity contribution in [3.8, 4) is 11.3 Å². The molecule has 38 heavy (non-hydrogen) atoms. The number of hydrogen-bond donors (Lipinski definition) is 2. The summed E-state index contributed by atoms with van der Waals surface area (Å²) in [6.07, 6.45) is 1.81. The Hall–Kier alpha value is -4.40. The first kappa shape index (κ1) is 24.0. The Bertz CT molecular complexity index is 1660. The molecule has 0 unspecified atom stereocenters. The highest BCUT2D eigenvalue weighted by Crippen LogP contribution is 2.41. The summed E-state index contributed by atoms with van der Waals surface area (Å²) in [5.74, 6) is -0.582. The van der Waals surface area contributed by atoms with Crippen LogP contribution in [-0.4, -0.2) is 38.1 Å². The highest BCUT2D eigenvalue weighted by molar-refractivity contribution is 6.11. The van der Waals surface area contributed by atoms with E-state index in [1.807, 2.05) is 24.1 Å². The molecule has 0 bridgehead atoms. The summed E-state index contributed by atoms with van der Waals surface area (Å²) >= 11 is 0. The van der Waals surface area contributed by atoms with Crippen molar-refractivity contribution in [3.05, 3.63) is 77.4 Å². The zero-order valence-corrected chi connectivity index (χ0v) is 21.0. The lowest BCUT2D eigenvalue weighted by molar-refractivity contribution is 0.0964. The number of para-hydroxylation sites is 1. The van der Waals surface area contributed by atoms with E-state index >= 15 is 0 Å². The monoisotopic (exact) mass is 516 g/mol. The molecular formula is C29H26F2N4O3. The molecule has 6 rings (SSSR count). The molecule has 0 saturated carbocycles. The number of fused-ring (bicyclic) bond motifs is 2. The lowest BCUT2D eigenvalue weighted by atomic mass is 9.88. The van der Waals surface area contributed by atoms with E-state index < -0.39 is 5.82 Å². The Balaban J connectivity index is 1.42. The highest BCUT2D eigenvalue weighted by Gasteiger charge is 2.29. The van der Waals surface area contributed by atoms with Crippen LogP contribution in [-0.2, 0) is 0 Å². The molecule has 2 N–H and O–H groups in total. The number of nitrogens with zero attached hydrogens (tertiary/aromatic N) is 2. The van der Waals surface area contributed by atoms with E-state index in [2.05, 4.69) is 15.6 Å². The number of benzene rings is 3. The molecular weight excluding hydrogens is 490 g/mol. The third-order valence-corrected chi connectivity index (χ3v) is 7.18. The number of hydrogen-bond acceptors (Lipinski definition) is 6. The van der Waals surface area contributed by atoms with E-state index in [0.717, 1.165) is 30.6 Å². The van der Waals surface area contributed by atoms with Gasteiger partial charge >= 0.3 is 0 Å². The Morgan fingerprint density at radius 3 is 2.61 bits per heavy atom. The average molecular weight is 517 g/mol. The maximum absolute atomic E-state index is 14.2. The topological polar surface area (TPSA) is 83.5 Å². The van der Waals surface area contributed by atoms with Gasteiger partial charge in [-0.1, -0.05) is 6.07 Å². The molecule has 7 nitrogen and oxygen atoms in total. The van der Waals surface area contributed by atoms with Crippen LogP contribution in [0.15, 0.2) is 63.4 Å². The summed E-state index contributed by atoms with van der Waals surface area (Å²) in [6, 6.07) is 14.9. The summed E-state index contributed by atoms with van der Waals surface area (Å²) < 4.78 is 39.9. The summed E-state index contributed by atoms with van der Waals surface area (Å²) in [4.78, 5) is 19.5. The van der Waals surface area contributed by atoms with Gasteiger partial charge in [-0.3, -0.25) is 4.79 Å². The quantitative estimate of drug-likeness (QED) is 0.285. The molecule has 9 heteroatoms. The largest absolute Gasteiger partial charge is 0.455 e. The lowest BCUT2D eigenvalue weighted by Gasteiger charge is -2.32. The molecule has 1 fully saturated rings. The summed E-state index contributed by atoms with van der Waals surface area (Å²) in [5, 5.41) is 6.66. The number of oxazole rings is 1. The number of piperidine rings is 1.